The summed E-state index contributed by atoms with van der Waals surface area (Å²) in [6.07, 6.45) is 0.281. The molecule has 1 aliphatic heterocycles. The summed E-state index contributed by atoms with van der Waals surface area (Å²) in [5.74, 6) is -0.585. The number of nitro benzene ring substituents is 1. The summed E-state index contributed by atoms with van der Waals surface area (Å²) in [6, 6.07) is 4.03. The summed E-state index contributed by atoms with van der Waals surface area (Å²) in [6.45, 7) is 1.84. The molecule has 98 valence electrons. The third kappa shape index (κ3) is 1.44. The lowest BCUT2D eigenvalue weighted by atomic mass is 9.86. The highest BCUT2D eigenvalue weighted by molar-refractivity contribution is 6.08. The summed E-state index contributed by atoms with van der Waals surface area (Å²) in [5, 5.41) is 15.7. The maximum Gasteiger partial charge on any atom is 0.322 e. The molecule has 7 heteroatoms. The Balaban J connectivity index is 2.06. The van der Waals surface area contributed by atoms with E-state index < -0.39 is 16.5 Å². The zero-order valence-corrected chi connectivity index (χ0v) is 10.1. The number of nitro groups is 1. The van der Waals surface area contributed by atoms with Crippen LogP contribution in [0.3, 0.4) is 0 Å². The fourth-order valence-electron chi connectivity index (χ4n) is 2.93. The van der Waals surface area contributed by atoms with E-state index in [1.165, 1.54) is 12.1 Å². The van der Waals surface area contributed by atoms with Gasteiger partial charge in [-0.15, -0.1) is 0 Å². The Morgan fingerprint density at radius 3 is 2.74 bits per heavy atom. The summed E-state index contributed by atoms with van der Waals surface area (Å²) in [7, 11) is 0. The minimum Gasteiger partial charge on any atom is -0.322 e. The first kappa shape index (κ1) is 11.6. The summed E-state index contributed by atoms with van der Waals surface area (Å²) in [5.41, 5.74) is 0.587. The van der Waals surface area contributed by atoms with Gasteiger partial charge in [0.1, 0.15) is 5.54 Å². The first-order chi connectivity index (χ1) is 8.94. The van der Waals surface area contributed by atoms with Crippen LogP contribution >= 0.6 is 0 Å². The molecule has 1 aromatic carbocycles. The molecule has 3 rings (SSSR count). The molecule has 1 heterocycles. The van der Waals surface area contributed by atoms with Gasteiger partial charge in [-0.2, -0.15) is 0 Å². The molecule has 1 aromatic rings. The van der Waals surface area contributed by atoms with Crippen LogP contribution < -0.4 is 10.6 Å². The van der Waals surface area contributed by atoms with E-state index in [1.807, 2.05) is 6.92 Å². The minimum absolute atomic E-state index is 0.00673. The van der Waals surface area contributed by atoms with Gasteiger partial charge in [-0.05, 0) is 11.1 Å². The second kappa shape index (κ2) is 3.53. The number of urea groups is 1. The molecule has 2 atom stereocenters. The molecule has 0 bridgehead atoms. The number of non-ortho nitro benzene ring substituents is 1. The topological polar surface area (TPSA) is 101 Å². The van der Waals surface area contributed by atoms with Crippen molar-refractivity contribution in [1.29, 1.82) is 0 Å². The molecule has 2 N–H and O–H groups in total. The van der Waals surface area contributed by atoms with Gasteiger partial charge >= 0.3 is 6.03 Å². The molecule has 0 saturated carbocycles. The van der Waals surface area contributed by atoms with Crippen molar-refractivity contribution in [2.45, 2.75) is 24.8 Å². The first-order valence-electron chi connectivity index (χ1n) is 5.85. The molecule has 1 spiro atoms. The zero-order chi connectivity index (χ0) is 13.8. The van der Waals surface area contributed by atoms with Crippen molar-refractivity contribution in [3.63, 3.8) is 0 Å². The number of benzene rings is 1. The molecule has 19 heavy (non-hydrogen) atoms. The number of hydrogen-bond donors (Lipinski definition) is 2. The number of nitrogens with one attached hydrogen (secondary N) is 2. The number of carbonyl (C=O) groups is 2. The zero-order valence-electron chi connectivity index (χ0n) is 10.1. The third-order valence-corrected chi connectivity index (χ3v) is 3.98. The number of fused-ring (bicyclic) bond motifs is 1. The standard InChI is InChI=1S/C12H11N3O4/c1-6-9-3-2-8(15(18)19)4-7(9)5-12(6)10(16)13-11(17)14-12/h2-4,6H,5H2,1H3,(H2,13,14,16,17)/t6-,12?/m1/s1. The minimum atomic E-state index is -1.01. The highest BCUT2D eigenvalue weighted by Crippen LogP contribution is 2.43. The molecule has 1 fully saturated rings. The number of carbonyl (C=O) groups excluding carboxylic acids is 2. The van der Waals surface area contributed by atoms with Crippen LogP contribution in [0.5, 0.6) is 0 Å². The van der Waals surface area contributed by atoms with E-state index in [-0.39, 0.29) is 23.9 Å². The molecule has 1 aliphatic carbocycles. The van der Waals surface area contributed by atoms with Crippen LogP contribution in [0.2, 0.25) is 0 Å². The van der Waals surface area contributed by atoms with E-state index in [1.54, 1.807) is 6.07 Å². The smallest absolute Gasteiger partial charge is 0.322 e. The largest absolute Gasteiger partial charge is 0.322 e. The number of imide groups is 1. The van der Waals surface area contributed by atoms with Crippen LogP contribution in [-0.4, -0.2) is 22.4 Å². The summed E-state index contributed by atoms with van der Waals surface area (Å²) in [4.78, 5) is 33.6. The number of hydrogen-bond acceptors (Lipinski definition) is 4. The van der Waals surface area contributed by atoms with Gasteiger partial charge in [-0.1, -0.05) is 13.0 Å². The highest BCUT2D eigenvalue weighted by Gasteiger charge is 2.54. The highest BCUT2D eigenvalue weighted by atomic mass is 16.6. The van der Waals surface area contributed by atoms with Crippen molar-refractivity contribution >= 4 is 17.6 Å². The third-order valence-electron chi connectivity index (χ3n) is 3.98. The molecule has 1 unspecified atom stereocenters. The predicted molar refractivity (Wildman–Crippen MR) is 64.6 cm³/mol. The maximum absolute atomic E-state index is 12.0. The number of rotatable bonds is 1. The molecule has 0 radical (unpaired) electrons. The monoisotopic (exact) mass is 261 g/mol. The molecule has 2 aliphatic rings. The van der Waals surface area contributed by atoms with E-state index >= 15 is 0 Å². The van der Waals surface area contributed by atoms with Gasteiger partial charge in [-0.3, -0.25) is 20.2 Å². The van der Waals surface area contributed by atoms with Gasteiger partial charge in [0.25, 0.3) is 11.6 Å². The second-order valence-electron chi connectivity index (χ2n) is 4.92. The van der Waals surface area contributed by atoms with Crippen LogP contribution in [0, 0.1) is 10.1 Å². The van der Waals surface area contributed by atoms with Crippen LogP contribution in [0.4, 0.5) is 10.5 Å². The average molecular weight is 261 g/mol. The quantitative estimate of drug-likeness (QED) is 0.444. The van der Waals surface area contributed by atoms with Gasteiger partial charge < -0.3 is 5.32 Å². The SMILES string of the molecule is C[C@@H]1c2ccc([N+](=O)[O-])cc2CC12NC(=O)NC2=O. The van der Waals surface area contributed by atoms with Crippen molar-refractivity contribution in [2.75, 3.05) is 0 Å². The van der Waals surface area contributed by atoms with E-state index in [4.69, 9.17) is 0 Å². The van der Waals surface area contributed by atoms with Gasteiger partial charge in [0.05, 0.1) is 4.92 Å². The van der Waals surface area contributed by atoms with Crippen molar-refractivity contribution in [3.8, 4) is 0 Å². The first-order valence-corrected chi connectivity index (χ1v) is 5.85. The van der Waals surface area contributed by atoms with Crippen molar-refractivity contribution in [3.05, 3.63) is 39.4 Å². The van der Waals surface area contributed by atoms with Gasteiger partial charge in [0.2, 0.25) is 0 Å². The molecular weight excluding hydrogens is 250 g/mol. The Bertz CT molecular complexity index is 627. The summed E-state index contributed by atoms with van der Waals surface area (Å²) < 4.78 is 0. The van der Waals surface area contributed by atoms with Crippen LogP contribution in [0.15, 0.2) is 18.2 Å². The van der Waals surface area contributed by atoms with Gasteiger partial charge in [0.15, 0.2) is 0 Å². The fourth-order valence-corrected chi connectivity index (χ4v) is 2.93. The summed E-state index contributed by atoms with van der Waals surface area (Å²) >= 11 is 0. The van der Waals surface area contributed by atoms with E-state index in [0.717, 1.165) is 11.1 Å². The van der Waals surface area contributed by atoms with Crippen LogP contribution in [0.1, 0.15) is 24.0 Å². The van der Waals surface area contributed by atoms with Gasteiger partial charge in [-0.25, -0.2) is 4.79 Å². The lowest BCUT2D eigenvalue weighted by Gasteiger charge is -2.25. The molecule has 1 saturated heterocycles. The lowest BCUT2D eigenvalue weighted by Crippen LogP contribution is -2.49. The van der Waals surface area contributed by atoms with Crippen LogP contribution in [0.25, 0.3) is 0 Å². The maximum atomic E-state index is 12.0. The van der Waals surface area contributed by atoms with E-state index in [2.05, 4.69) is 10.6 Å². The normalized spacial score (nSPS) is 28.2. The number of amides is 3. The molecule has 7 nitrogen and oxygen atoms in total. The van der Waals surface area contributed by atoms with Crippen molar-refractivity contribution in [1.82, 2.24) is 10.6 Å². The molecular formula is C12H11N3O4. The Morgan fingerprint density at radius 1 is 1.42 bits per heavy atom. The predicted octanol–water partition coefficient (Wildman–Crippen LogP) is 0.833. The Hall–Kier alpha value is -2.44. The Kier molecular flexibility index (Phi) is 2.16. The average Bonchev–Trinajstić information content (AvgIpc) is 2.78. The number of nitrogens with zero attached hydrogens (tertiary/aromatic N) is 1. The Labute approximate surface area is 108 Å². The van der Waals surface area contributed by atoms with E-state index in [0.29, 0.717) is 0 Å². The van der Waals surface area contributed by atoms with Gasteiger partial charge in [0, 0.05) is 24.5 Å². The fraction of sp³-hybridized carbons (Fsp3) is 0.333. The lowest BCUT2D eigenvalue weighted by molar-refractivity contribution is -0.384. The van der Waals surface area contributed by atoms with Crippen molar-refractivity contribution in [2.24, 2.45) is 0 Å². The second-order valence-corrected chi connectivity index (χ2v) is 4.92. The van der Waals surface area contributed by atoms with Crippen molar-refractivity contribution < 1.29 is 14.5 Å². The Morgan fingerprint density at radius 2 is 2.16 bits per heavy atom. The van der Waals surface area contributed by atoms with E-state index in [9.17, 15) is 19.7 Å². The molecule has 3 amide bonds. The van der Waals surface area contributed by atoms with Crippen LogP contribution in [-0.2, 0) is 11.2 Å². The molecule has 0 aromatic heterocycles.